The van der Waals surface area contributed by atoms with Crippen LogP contribution in [0.5, 0.6) is 0 Å². The molecule has 5 nitrogen and oxygen atoms in total. The fraction of sp³-hybridized carbons (Fsp3) is 0.933. The van der Waals surface area contributed by atoms with Crippen molar-refractivity contribution in [1.29, 1.82) is 0 Å². The largest absolute Gasteiger partial charge is 0.481 e. The van der Waals surface area contributed by atoms with Crippen LogP contribution in [0.25, 0.3) is 0 Å². The minimum Gasteiger partial charge on any atom is -0.481 e. The van der Waals surface area contributed by atoms with E-state index in [0.29, 0.717) is 18.9 Å². The summed E-state index contributed by atoms with van der Waals surface area (Å²) in [6.07, 6.45) is 4.01. The maximum absolute atomic E-state index is 10.6. The van der Waals surface area contributed by atoms with Gasteiger partial charge in [-0.15, -0.1) is 0 Å². The van der Waals surface area contributed by atoms with Gasteiger partial charge in [-0.05, 0) is 45.2 Å². The normalized spacial score (nSPS) is 35.3. The Morgan fingerprint density at radius 2 is 2.30 bits per heavy atom. The Kier molecular flexibility index (Phi) is 5.41. The molecule has 0 spiro atoms. The third kappa shape index (κ3) is 4.43. The van der Waals surface area contributed by atoms with Gasteiger partial charge >= 0.3 is 5.97 Å². The van der Waals surface area contributed by atoms with E-state index in [1.807, 2.05) is 6.92 Å². The third-order valence-corrected chi connectivity index (χ3v) is 4.38. The third-order valence-electron chi connectivity index (χ3n) is 4.38. The summed E-state index contributed by atoms with van der Waals surface area (Å²) in [6.45, 7) is 8.16. The molecular formula is C15H27NO4. The van der Waals surface area contributed by atoms with Gasteiger partial charge in [-0.3, -0.25) is 4.79 Å². The van der Waals surface area contributed by atoms with Crippen molar-refractivity contribution in [2.75, 3.05) is 26.2 Å². The van der Waals surface area contributed by atoms with Crippen molar-refractivity contribution in [3.63, 3.8) is 0 Å². The second kappa shape index (κ2) is 6.87. The van der Waals surface area contributed by atoms with Gasteiger partial charge < -0.3 is 19.5 Å². The number of carbonyl (C=O) groups is 1. The predicted octanol–water partition coefficient (Wildman–Crippen LogP) is 2.10. The van der Waals surface area contributed by atoms with Gasteiger partial charge in [-0.2, -0.15) is 0 Å². The van der Waals surface area contributed by atoms with E-state index < -0.39 is 11.8 Å². The lowest BCUT2D eigenvalue weighted by Crippen LogP contribution is -2.39. The van der Waals surface area contributed by atoms with Gasteiger partial charge in [0, 0.05) is 19.4 Å². The second-order valence-electron chi connectivity index (χ2n) is 6.22. The summed E-state index contributed by atoms with van der Waals surface area (Å²) < 4.78 is 11.8. The van der Waals surface area contributed by atoms with Gasteiger partial charge in [0.2, 0.25) is 0 Å². The number of piperidine rings is 1. The van der Waals surface area contributed by atoms with Gasteiger partial charge in [-0.25, -0.2) is 0 Å². The Morgan fingerprint density at radius 1 is 1.50 bits per heavy atom. The molecule has 3 atom stereocenters. The first-order valence-electron chi connectivity index (χ1n) is 7.76. The van der Waals surface area contributed by atoms with E-state index in [1.54, 1.807) is 0 Å². The molecule has 2 aliphatic rings. The van der Waals surface area contributed by atoms with Crippen LogP contribution in [0.2, 0.25) is 0 Å². The fourth-order valence-corrected chi connectivity index (χ4v) is 3.35. The summed E-state index contributed by atoms with van der Waals surface area (Å²) in [5, 5.41) is 8.72. The number of likely N-dealkylation sites (tertiary alicyclic amines) is 1. The SMILES string of the molecule is CCN1CCCC(CC2(C)OCC(CCC(=O)O)O2)C1. The molecule has 0 radical (unpaired) electrons. The summed E-state index contributed by atoms with van der Waals surface area (Å²) >= 11 is 0. The van der Waals surface area contributed by atoms with Gasteiger partial charge in [0.25, 0.3) is 0 Å². The van der Waals surface area contributed by atoms with Crippen LogP contribution in [0.1, 0.15) is 46.0 Å². The van der Waals surface area contributed by atoms with Crippen molar-refractivity contribution in [2.24, 2.45) is 5.92 Å². The van der Waals surface area contributed by atoms with Crippen molar-refractivity contribution in [2.45, 2.75) is 57.8 Å². The van der Waals surface area contributed by atoms with Crippen molar-refractivity contribution in [1.82, 2.24) is 4.90 Å². The quantitative estimate of drug-likeness (QED) is 0.810. The Labute approximate surface area is 121 Å². The zero-order valence-corrected chi connectivity index (χ0v) is 12.6. The van der Waals surface area contributed by atoms with Crippen LogP contribution < -0.4 is 0 Å². The molecule has 0 aromatic carbocycles. The number of nitrogens with zero attached hydrogens (tertiary/aromatic N) is 1. The lowest BCUT2D eigenvalue weighted by molar-refractivity contribution is -0.170. The number of hydrogen-bond donors (Lipinski definition) is 1. The number of carboxylic acid groups (broad SMARTS) is 1. The van der Waals surface area contributed by atoms with E-state index in [9.17, 15) is 4.79 Å². The minimum absolute atomic E-state index is 0.0676. The Bertz CT molecular complexity index is 336. The smallest absolute Gasteiger partial charge is 0.303 e. The fourth-order valence-electron chi connectivity index (χ4n) is 3.35. The topological polar surface area (TPSA) is 59.0 Å². The first-order valence-corrected chi connectivity index (χ1v) is 7.76. The van der Waals surface area contributed by atoms with E-state index in [1.165, 1.54) is 19.4 Å². The number of ether oxygens (including phenoxy) is 2. The molecule has 2 saturated heterocycles. The highest BCUT2D eigenvalue weighted by molar-refractivity contribution is 5.66. The summed E-state index contributed by atoms with van der Waals surface area (Å²) in [5.41, 5.74) is 0. The van der Waals surface area contributed by atoms with Crippen molar-refractivity contribution in [3.8, 4) is 0 Å². The standard InChI is InChI=1S/C15H27NO4/c1-3-16-8-4-5-12(10-16)9-15(2)19-11-13(20-15)6-7-14(17)18/h12-13H,3-11H2,1-2H3,(H,17,18). The zero-order chi connectivity index (χ0) is 14.6. The first kappa shape index (κ1) is 15.7. The molecule has 0 saturated carbocycles. The minimum atomic E-state index is -0.770. The van der Waals surface area contributed by atoms with E-state index in [0.717, 1.165) is 19.5 Å². The van der Waals surface area contributed by atoms with Crippen LogP contribution in [0, 0.1) is 5.92 Å². The Hall–Kier alpha value is -0.650. The lowest BCUT2D eigenvalue weighted by Gasteiger charge is -2.35. The van der Waals surface area contributed by atoms with Crippen LogP contribution in [0.4, 0.5) is 0 Å². The van der Waals surface area contributed by atoms with Gasteiger partial charge in [0.05, 0.1) is 12.7 Å². The molecule has 0 aromatic rings. The highest BCUT2D eigenvalue weighted by Crippen LogP contribution is 2.34. The van der Waals surface area contributed by atoms with Crippen molar-refractivity contribution in [3.05, 3.63) is 0 Å². The van der Waals surface area contributed by atoms with Crippen molar-refractivity contribution >= 4 is 5.97 Å². The molecule has 0 aliphatic carbocycles. The zero-order valence-electron chi connectivity index (χ0n) is 12.6. The summed E-state index contributed by atoms with van der Waals surface area (Å²) in [4.78, 5) is 13.1. The predicted molar refractivity (Wildman–Crippen MR) is 75.6 cm³/mol. The molecule has 2 aliphatic heterocycles. The maximum atomic E-state index is 10.6. The highest BCUT2D eigenvalue weighted by Gasteiger charge is 2.39. The number of aliphatic carboxylic acids is 1. The molecule has 0 amide bonds. The van der Waals surface area contributed by atoms with E-state index in [4.69, 9.17) is 14.6 Å². The Balaban J connectivity index is 1.78. The van der Waals surface area contributed by atoms with Crippen molar-refractivity contribution < 1.29 is 19.4 Å². The molecule has 0 aromatic heterocycles. The molecule has 2 fully saturated rings. The number of rotatable bonds is 6. The molecule has 2 rings (SSSR count). The molecule has 116 valence electrons. The van der Waals surface area contributed by atoms with Gasteiger partial charge in [0.15, 0.2) is 5.79 Å². The molecule has 1 N–H and O–H groups in total. The van der Waals surface area contributed by atoms with Crippen LogP contribution in [0.3, 0.4) is 0 Å². The monoisotopic (exact) mass is 285 g/mol. The molecule has 20 heavy (non-hydrogen) atoms. The van der Waals surface area contributed by atoms with E-state index in [-0.39, 0.29) is 12.5 Å². The highest BCUT2D eigenvalue weighted by atomic mass is 16.7. The molecule has 3 unspecified atom stereocenters. The summed E-state index contributed by atoms with van der Waals surface area (Å²) in [7, 11) is 0. The van der Waals surface area contributed by atoms with Gasteiger partial charge in [-0.1, -0.05) is 6.92 Å². The molecule has 5 heteroatoms. The lowest BCUT2D eigenvalue weighted by atomic mass is 9.91. The van der Waals surface area contributed by atoms with Crippen LogP contribution in [-0.2, 0) is 14.3 Å². The van der Waals surface area contributed by atoms with E-state index >= 15 is 0 Å². The van der Waals surface area contributed by atoms with Gasteiger partial charge in [0.1, 0.15) is 0 Å². The average molecular weight is 285 g/mol. The Morgan fingerprint density at radius 3 is 3.00 bits per heavy atom. The van der Waals surface area contributed by atoms with Crippen LogP contribution >= 0.6 is 0 Å². The van der Waals surface area contributed by atoms with E-state index in [2.05, 4.69) is 11.8 Å². The van der Waals surface area contributed by atoms with Crippen LogP contribution in [-0.4, -0.2) is 54.1 Å². The summed E-state index contributed by atoms with van der Waals surface area (Å²) in [5.74, 6) is -0.676. The van der Waals surface area contributed by atoms with Crippen LogP contribution in [0.15, 0.2) is 0 Å². The average Bonchev–Trinajstić information content (AvgIpc) is 2.78. The maximum Gasteiger partial charge on any atom is 0.303 e. The molecule has 2 heterocycles. The molecule has 0 bridgehead atoms. The number of carboxylic acids is 1. The second-order valence-corrected chi connectivity index (χ2v) is 6.22. The molecular weight excluding hydrogens is 258 g/mol. The summed E-state index contributed by atoms with van der Waals surface area (Å²) in [6, 6.07) is 0. The number of hydrogen-bond acceptors (Lipinski definition) is 4. The first-order chi connectivity index (χ1) is 9.50.